The van der Waals surface area contributed by atoms with Crippen molar-refractivity contribution in [1.29, 1.82) is 0 Å². The number of thiocarbonyl (C=S) groups is 1. The number of carbonyl (C=O) groups is 1. The van der Waals surface area contributed by atoms with Gasteiger partial charge in [-0.05, 0) is 25.1 Å². The Morgan fingerprint density at radius 2 is 2.00 bits per heavy atom. The number of hydrogen-bond acceptors (Lipinski definition) is 2. The average molecular weight is 241 g/mol. The molecule has 1 fully saturated rings. The number of amides is 1. The van der Waals surface area contributed by atoms with Gasteiger partial charge in [0, 0.05) is 12.5 Å². The highest BCUT2D eigenvalue weighted by atomic mass is 32.1. The molecule has 0 aromatic rings. The molecule has 16 heavy (non-hydrogen) atoms. The Morgan fingerprint density at radius 1 is 1.31 bits per heavy atom. The summed E-state index contributed by atoms with van der Waals surface area (Å²) in [5, 5.41) is 3.30. The Morgan fingerprint density at radius 3 is 2.62 bits per heavy atom. The maximum atomic E-state index is 11.7. The quantitative estimate of drug-likeness (QED) is 0.395. The van der Waals surface area contributed by atoms with Crippen LogP contribution in [0.3, 0.4) is 0 Å². The molecular formula is C11H19N3OS. The van der Waals surface area contributed by atoms with Crippen molar-refractivity contribution >= 4 is 23.2 Å². The van der Waals surface area contributed by atoms with Crippen LogP contribution in [0.15, 0.2) is 12.7 Å². The monoisotopic (exact) mass is 241 g/mol. The van der Waals surface area contributed by atoms with Gasteiger partial charge in [-0.15, -0.1) is 6.58 Å². The van der Waals surface area contributed by atoms with E-state index < -0.39 is 0 Å². The van der Waals surface area contributed by atoms with Crippen molar-refractivity contribution in [2.75, 3.05) is 6.54 Å². The van der Waals surface area contributed by atoms with Crippen LogP contribution in [0.5, 0.6) is 0 Å². The lowest BCUT2D eigenvalue weighted by Gasteiger charge is -2.21. The van der Waals surface area contributed by atoms with E-state index in [-0.39, 0.29) is 11.8 Å². The predicted octanol–water partition coefficient (Wildman–Crippen LogP) is 1.25. The van der Waals surface area contributed by atoms with Gasteiger partial charge >= 0.3 is 0 Å². The molecule has 0 bridgehead atoms. The highest BCUT2D eigenvalue weighted by molar-refractivity contribution is 7.80. The van der Waals surface area contributed by atoms with Crippen LogP contribution in [0.2, 0.25) is 0 Å². The number of rotatable bonds is 3. The number of nitrogens with one attached hydrogen (secondary N) is 3. The summed E-state index contributed by atoms with van der Waals surface area (Å²) in [7, 11) is 0. The topological polar surface area (TPSA) is 53.2 Å². The SMILES string of the molecule is C=CCNC(=S)NNC(=O)C1CCCCC1. The van der Waals surface area contributed by atoms with E-state index in [4.69, 9.17) is 12.2 Å². The molecule has 1 rings (SSSR count). The molecule has 0 unspecified atom stereocenters. The van der Waals surface area contributed by atoms with Crippen molar-refractivity contribution in [3.63, 3.8) is 0 Å². The highest BCUT2D eigenvalue weighted by Gasteiger charge is 2.20. The molecule has 0 saturated heterocycles. The van der Waals surface area contributed by atoms with Crippen molar-refractivity contribution in [3.8, 4) is 0 Å². The summed E-state index contributed by atoms with van der Waals surface area (Å²) in [5.41, 5.74) is 5.32. The van der Waals surface area contributed by atoms with Gasteiger partial charge in [-0.25, -0.2) is 0 Å². The lowest BCUT2D eigenvalue weighted by Crippen LogP contribution is -2.48. The van der Waals surface area contributed by atoms with Crippen LogP contribution in [0.4, 0.5) is 0 Å². The minimum atomic E-state index is 0.0439. The molecule has 0 aliphatic heterocycles. The molecule has 0 aromatic carbocycles. The van der Waals surface area contributed by atoms with Gasteiger partial charge in [0.05, 0.1) is 0 Å². The third-order valence-electron chi connectivity index (χ3n) is 2.68. The van der Waals surface area contributed by atoms with E-state index in [1.165, 1.54) is 6.42 Å². The fraction of sp³-hybridized carbons (Fsp3) is 0.636. The maximum Gasteiger partial charge on any atom is 0.241 e. The first-order valence-corrected chi connectivity index (χ1v) is 6.09. The fourth-order valence-electron chi connectivity index (χ4n) is 1.79. The van der Waals surface area contributed by atoms with Crippen molar-refractivity contribution in [3.05, 3.63) is 12.7 Å². The minimum absolute atomic E-state index is 0.0439. The van der Waals surface area contributed by atoms with Crippen LogP contribution in [-0.2, 0) is 4.79 Å². The Balaban J connectivity index is 2.18. The van der Waals surface area contributed by atoms with Gasteiger partial charge in [-0.3, -0.25) is 15.6 Å². The summed E-state index contributed by atoms with van der Waals surface area (Å²) in [5.74, 6) is 0.186. The van der Waals surface area contributed by atoms with Gasteiger partial charge in [0.1, 0.15) is 0 Å². The van der Waals surface area contributed by atoms with Gasteiger partial charge in [-0.1, -0.05) is 25.3 Å². The molecule has 0 heterocycles. The maximum absolute atomic E-state index is 11.7. The van der Waals surface area contributed by atoms with Crippen molar-refractivity contribution in [2.45, 2.75) is 32.1 Å². The number of hydrogen-bond donors (Lipinski definition) is 3. The molecule has 3 N–H and O–H groups in total. The summed E-state index contributed by atoms with van der Waals surface area (Å²) in [6, 6.07) is 0. The van der Waals surface area contributed by atoms with Gasteiger partial charge in [0.2, 0.25) is 5.91 Å². The third kappa shape index (κ3) is 4.61. The molecule has 1 aliphatic carbocycles. The second kappa shape index (κ2) is 7.22. The van der Waals surface area contributed by atoms with E-state index in [0.717, 1.165) is 25.7 Å². The Labute approximate surface area is 102 Å². The smallest absolute Gasteiger partial charge is 0.241 e. The van der Waals surface area contributed by atoms with E-state index >= 15 is 0 Å². The van der Waals surface area contributed by atoms with Crippen LogP contribution in [-0.4, -0.2) is 17.6 Å². The largest absolute Gasteiger partial charge is 0.358 e. The number of hydrazine groups is 1. The van der Waals surface area contributed by atoms with Crippen molar-refractivity contribution in [2.24, 2.45) is 5.92 Å². The second-order valence-corrected chi connectivity index (χ2v) is 4.36. The van der Waals surface area contributed by atoms with Crippen LogP contribution in [0, 0.1) is 5.92 Å². The lowest BCUT2D eigenvalue weighted by atomic mass is 9.89. The van der Waals surface area contributed by atoms with E-state index in [2.05, 4.69) is 22.7 Å². The Bertz CT molecular complexity index is 262. The van der Waals surface area contributed by atoms with Crippen LogP contribution in [0.25, 0.3) is 0 Å². The van der Waals surface area contributed by atoms with Gasteiger partial charge in [0.25, 0.3) is 0 Å². The van der Waals surface area contributed by atoms with Crippen molar-refractivity contribution in [1.82, 2.24) is 16.2 Å². The first-order chi connectivity index (χ1) is 7.74. The molecule has 0 spiro atoms. The highest BCUT2D eigenvalue weighted by Crippen LogP contribution is 2.23. The van der Waals surface area contributed by atoms with E-state index in [9.17, 15) is 4.79 Å². The molecule has 0 radical (unpaired) electrons. The van der Waals surface area contributed by atoms with Crippen LogP contribution < -0.4 is 16.2 Å². The molecule has 4 nitrogen and oxygen atoms in total. The van der Waals surface area contributed by atoms with Crippen LogP contribution >= 0.6 is 12.2 Å². The van der Waals surface area contributed by atoms with E-state index in [1.807, 2.05) is 0 Å². The third-order valence-corrected chi connectivity index (χ3v) is 2.93. The average Bonchev–Trinajstić information content (AvgIpc) is 2.34. The van der Waals surface area contributed by atoms with E-state index in [0.29, 0.717) is 11.7 Å². The number of carbonyl (C=O) groups excluding carboxylic acids is 1. The molecule has 0 aromatic heterocycles. The van der Waals surface area contributed by atoms with Crippen LogP contribution in [0.1, 0.15) is 32.1 Å². The molecule has 90 valence electrons. The Hall–Kier alpha value is -1.10. The molecule has 5 heteroatoms. The fourth-order valence-corrected chi connectivity index (χ4v) is 1.93. The lowest BCUT2D eigenvalue weighted by molar-refractivity contribution is -0.126. The summed E-state index contributed by atoms with van der Waals surface area (Å²) < 4.78 is 0. The first-order valence-electron chi connectivity index (χ1n) is 5.68. The normalized spacial score (nSPS) is 16.2. The zero-order valence-electron chi connectivity index (χ0n) is 9.42. The summed E-state index contributed by atoms with van der Waals surface area (Å²) >= 11 is 4.95. The predicted molar refractivity (Wildman–Crippen MR) is 68.7 cm³/mol. The van der Waals surface area contributed by atoms with Gasteiger partial charge in [-0.2, -0.15) is 0 Å². The van der Waals surface area contributed by atoms with Gasteiger partial charge in [0.15, 0.2) is 5.11 Å². The summed E-state index contributed by atoms with van der Waals surface area (Å²) in [6.45, 7) is 4.15. The van der Waals surface area contributed by atoms with Gasteiger partial charge < -0.3 is 5.32 Å². The molecular weight excluding hydrogens is 222 g/mol. The zero-order valence-corrected chi connectivity index (χ0v) is 10.2. The zero-order chi connectivity index (χ0) is 11.8. The second-order valence-electron chi connectivity index (χ2n) is 3.95. The first kappa shape index (κ1) is 13.0. The minimum Gasteiger partial charge on any atom is -0.358 e. The summed E-state index contributed by atoms with van der Waals surface area (Å²) in [4.78, 5) is 11.7. The molecule has 1 amide bonds. The van der Waals surface area contributed by atoms with E-state index in [1.54, 1.807) is 6.08 Å². The van der Waals surface area contributed by atoms with Crippen molar-refractivity contribution < 1.29 is 4.79 Å². The molecule has 1 aliphatic rings. The molecule has 0 atom stereocenters. The summed E-state index contributed by atoms with van der Waals surface area (Å²) in [6.07, 6.45) is 7.22. The standard InChI is InChI=1S/C11H19N3OS/c1-2-8-12-11(16)14-13-10(15)9-6-4-3-5-7-9/h2,9H,1,3-8H2,(H,13,15)(H2,12,14,16). The molecule has 1 saturated carbocycles. The Kier molecular flexibility index (Phi) is 5.85.